The van der Waals surface area contributed by atoms with Crippen molar-refractivity contribution in [1.29, 1.82) is 0 Å². The number of thioether (sulfide) groups is 1. The molecule has 1 aromatic carbocycles. The van der Waals surface area contributed by atoms with Crippen LogP contribution in [-0.4, -0.2) is 90.1 Å². The first kappa shape index (κ1) is 34.3. The molecule has 5 rings (SSSR count). The summed E-state index contributed by atoms with van der Waals surface area (Å²) in [6, 6.07) is 7.12. The zero-order valence-electron chi connectivity index (χ0n) is 27.2. The van der Waals surface area contributed by atoms with Crippen LogP contribution in [0.3, 0.4) is 0 Å². The molecule has 1 saturated heterocycles. The summed E-state index contributed by atoms with van der Waals surface area (Å²) in [7, 11) is 0. The van der Waals surface area contributed by atoms with Crippen molar-refractivity contribution in [3.63, 3.8) is 0 Å². The van der Waals surface area contributed by atoms with Gasteiger partial charge in [-0.05, 0) is 37.1 Å². The zero-order valence-corrected chi connectivity index (χ0v) is 28.1. The highest BCUT2D eigenvalue weighted by Crippen LogP contribution is 2.39. The highest BCUT2D eigenvalue weighted by Gasteiger charge is 2.27. The molecule has 4 aromatic rings. The number of halogens is 2. The van der Waals surface area contributed by atoms with E-state index in [0.717, 1.165) is 43.7 Å². The predicted molar refractivity (Wildman–Crippen MR) is 178 cm³/mol. The molecule has 47 heavy (non-hydrogen) atoms. The molecule has 1 fully saturated rings. The second-order valence-electron chi connectivity index (χ2n) is 11.8. The van der Waals surface area contributed by atoms with Crippen LogP contribution in [0.2, 0.25) is 0 Å². The molecule has 0 spiro atoms. The van der Waals surface area contributed by atoms with Gasteiger partial charge in [0.25, 0.3) is 5.91 Å². The largest absolute Gasteiger partial charge is 0.434 e. The van der Waals surface area contributed by atoms with Crippen molar-refractivity contribution >= 4 is 34.9 Å². The van der Waals surface area contributed by atoms with Crippen LogP contribution in [0.4, 0.5) is 14.5 Å². The quantitative estimate of drug-likeness (QED) is 0.162. The van der Waals surface area contributed by atoms with E-state index in [2.05, 4.69) is 39.2 Å². The summed E-state index contributed by atoms with van der Waals surface area (Å²) in [6.07, 6.45) is 10.7. The maximum Gasteiger partial charge on any atom is 0.387 e. The van der Waals surface area contributed by atoms with Gasteiger partial charge in [-0.15, -0.1) is 11.8 Å². The minimum atomic E-state index is -3.07. The van der Waals surface area contributed by atoms with Gasteiger partial charge in [0.15, 0.2) is 5.65 Å². The molecule has 0 atom stereocenters. The Morgan fingerprint density at radius 1 is 1.09 bits per heavy atom. The lowest BCUT2D eigenvalue weighted by molar-refractivity contribution is -0.134. The Bertz CT molecular complexity index is 1660. The Balaban J connectivity index is 1.44. The van der Waals surface area contributed by atoms with Crippen molar-refractivity contribution in [3.05, 3.63) is 54.6 Å². The molecule has 0 unspecified atom stereocenters. The number of carbonyl (C=O) groups excluding carboxylic acids is 2. The summed E-state index contributed by atoms with van der Waals surface area (Å²) in [5.41, 5.74) is 1.27. The smallest absolute Gasteiger partial charge is 0.387 e. The third kappa shape index (κ3) is 8.47. The van der Waals surface area contributed by atoms with Gasteiger partial charge >= 0.3 is 6.61 Å². The number of nitrogens with zero attached hydrogens (tertiary/aromatic N) is 7. The van der Waals surface area contributed by atoms with Gasteiger partial charge in [0, 0.05) is 66.5 Å². The van der Waals surface area contributed by atoms with Crippen molar-refractivity contribution < 1.29 is 23.1 Å². The van der Waals surface area contributed by atoms with Crippen LogP contribution < -0.4 is 10.1 Å². The van der Waals surface area contributed by atoms with Crippen LogP contribution >= 0.6 is 11.8 Å². The topological polar surface area (TPSA) is 110 Å². The number of hydrogen-bond acceptors (Lipinski definition) is 8. The predicted octanol–water partition coefficient (Wildman–Crippen LogP) is 6.06. The number of aromatic nitrogens is 5. The Morgan fingerprint density at radius 2 is 1.83 bits per heavy atom. The van der Waals surface area contributed by atoms with E-state index in [1.54, 1.807) is 48.6 Å². The van der Waals surface area contributed by atoms with Crippen LogP contribution in [0.5, 0.6) is 5.75 Å². The number of alkyl halides is 2. The SMILES string of the molecule is CCCC(CCC)N1CCN(C(=O)Cn2cc(NC(=O)c3cnn4cccnc34)c(-c3cc(SC(C)C)ccc3OC(F)F)n2)CC1. The van der Waals surface area contributed by atoms with Crippen molar-refractivity contribution in [2.75, 3.05) is 31.5 Å². The first-order valence-corrected chi connectivity index (χ1v) is 17.0. The summed E-state index contributed by atoms with van der Waals surface area (Å²) in [4.78, 5) is 36.4. The van der Waals surface area contributed by atoms with E-state index >= 15 is 0 Å². The average Bonchev–Trinajstić information content (AvgIpc) is 3.65. The monoisotopic (exact) mass is 668 g/mol. The summed E-state index contributed by atoms with van der Waals surface area (Å²) in [5, 5.41) is 11.9. The van der Waals surface area contributed by atoms with E-state index in [1.165, 1.54) is 21.5 Å². The lowest BCUT2D eigenvalue weighted by Crippen LogP contribution is -2.52. The van der Waals surface area contributed by atoms with Gasteiger partial charge in [-0.2, -0.15) is 19.0 Å². The number of piperazine rings is 1. The van der Waals surface area contributed by atoms with E-state index in [9.17, 15) is 18.4 Å². The summed E-state index contributed by atoms with van der Waals surface area (Å²) >= 11 is 1.55. The third-order valence-corrected chi connectivity index (χ3v) is 9.05. The Kier molecular flexibility index (Phi) is 11.5. The number of nitrogens with one attached hydrogen (secondary N) is 1. The Morgan fingerprint density at radius 3 is 2.51 bits per heavy atom. The van der Waals surface area contributed by atoms with Gasteiger partial charge in [-0.3, -0.25) is 19.2 Å². The van der Waals surface area contributed by atoms with E-state index < -0.39 is 12.5 Å². The minimum Gasteiger partial charge on any atom is -0.434 e. The molecule has 1 aliphatic rings. The fourth-order valence-corrected chi connectivity index (χ4v) is 6.84. The van der Waals surface area contributed by atoms with Gasteiger partial charge in [-0.25, -0.2) is 9.50 Å². The minimum absolute atomic E-state index is 0.0834. The molecule has 11 nitrogen and oxygen atoms in total. The molecule has 14 heteroatoms. The summed E-state index contributed by atoms with van der Waals surface area (Å²) in [6.45, 7) is 8.15. The molecular weight excluding hydrogens is 626 g/mol. The Labute approximate surface area is 277 Å². The van der Waals surface area contributed by atoms with Crippen LogP contribution in [0.25, 0.3) is 16.9 Å². The number of ether oxygens (including phenoxy) is 1. The molecule has 4 heterocycles. The van der Waals surface area contributed by atoms with Crippen molar-refractivity contribution in [2.45, 2.75) is 82.7 Å². The highest BCUT2D eigenvalue weighted by atomic mass is 32.2. The number of amides is 2. The normalized spacial score (nSPS) is 14.1. The second-order valence-corrected chi connectivity index (χ2v) is 13.5. The van der Waals surface area contributed by atoms with E-state index in [4.69, 9.17) is 4.74 Å². The maximum atomic E-state index is 13.5. The molecule has 1 N–H and O–H groups in total. The van der Waals surface area contributed by atoms with Gasteiger partial charge in [0.2, 0.25) is 5.91 Å². The summed E-state index contributed by atoms with van der Waals surface area (Å²) < 4.78 is 34.9. The van der Waals surface area contributed by atoms with Crippen molar-refractivity contribution in [2.24, 2.45) is 0 Å². The molecule has 252 valence electrons. The van der Waals surface area contributed by atoms with Crippen LogP contribution in [0.15, 0.2) is 53.9 Å². The molecule has 3 aromatic heterocycles. The number of carbonyl (C=O) groups is 2. The molecule has 0 bridgehead atoms. The zero-order chi connectivity index (χ0) is 33.5. The molecular formula is C33H42F2N8O3S. The van der Waals surface area contributed by atoms with E-state index in [1.807, 2.05) is 18.7 Å². The number of hydrogen-bond donors (Lipinski definition) is 1. The van der Waals surface area contributed by atoms with Gasteiger partial charge in [-0.1, -0.05) is 40.5 Å². The van der Waals surface area contributed by atoms with E-state index in [-0.39, 0.29) is 46.0 Å². The summed E-state index contributed by atoms with van der Waals surface area (Å²) in [5.74, 6) is -0.721. The fourth-order valence-electron chi connectivity index (χ4n) is 5.96. The number of anilines is 1. The van der Waals surface area contributed by atoms with Crippen LogP contribution in [-0.2, 0) is 11.3 Å². The average molecular weight is 669 g/mol. The molecule has 1 aliphatic heterocycles. The fraction of sp³-hybridized carbons (Fsp3) is 0.485. The van der Waals surface area contributed by atoms with E-state index in [0.29, 0.717) is 24.8 Å². The number of fused-ring (bicyclic) bond motifs is 1. The lowest BCUT2D eigenvalue weighted by atomic mass is 10.0. The van der Waals surface area contributed by atoms with Crippen LogP contribution in [0, 0.1) is 0 Å². The maximum absolute atomic E-state index is 13.5. The number of rotatable bonds is 14. The number of benzene rings is 1. The van der Waals surface area contributed by atoms with Crippen molar-refractivity contribution in [3.8, 4) is 17.0 Å². The lowest BCUT2D eigenvalue weighted by Gasteiger charge is -2.39. The van der Waals surface area contributed by atoms with Crippen LogP contribution in [0.1, 0.15) is 63.7 Å². The molecule has 0 radical (unpaired) electrons. The molecule has 2 amide bonds. The molecule has 0 saturated carbocycles. The van der Waals surface area contributed by atoms with Gasteiger partial charge in [0.05, 0.1) is 11.9 Å². The highest BCUT2D eigenvalue weighted by molar-refractivity contribution is 7.99. The standard InChI is InChI=1S/C33H42F2N8O3S/c1-5-8-23(9-6-2)40-14-16-41(17-15-40)29(44)21-42-20-27(38-32(45)26-19-37-43-13-7-12-36-31(26)43)30(39-42)25-18-24(47-22(3)4)10-11-28(25)46-33(34)35/h7,10-13,18-20,22-23,33H,5-6,8-9,14-17,21H2,1-4H3,(H,38,45). The van der Waals surface area contributed by atoms with Gasteiger partial charge in [0.1, 0.15) is 23.6 Å². The third-order valence-electron chi connectivity index (χ3n) is 8.05. The first-order chi connectivity index (χ1) is 22.7. The molecule has 0 aliphatic carbocycles. The second kappa shape index (κ2) is 15.7. The Hall–Kier alpha value is -4.04. The first-order valence-electron chi connectivity index (χ1n) is 16.1. The van der Waals surface area contributed by atoms with Crippen molar-refractivity contribution in [1.82, 2.24) is 34.2 Å². The van der Waals surface area contributed by atoms with Gasteiger partial charge < -0.3 is 15.0 Å².